The largest absolute Gasteiger partial charge is 0.493 e. The summed E-state index contributed by atoms with van der Waals surface area (Å²) in [6.45, 7) is 0. The summed E-state index contributed by atoms with van der Waals surface area (Å²) in [5, 5.41) is 13.5. The second kappa shape index (κ2) is 5.97. The fourth-order valence-electron chi connectivity index (χ4n) is 5.82. The topological polar surface area (TPSA) is 54.3 Å². The smallest absolute Gasteiger partial charge is 0.161 e. The maximum Gasteiger partial charge on any atom is 0.161 e. The highest BCUT2D eigenvalue weighted by molar-refractivity contribution is 5.45. The van der Waals surface area contributed by atoms with E-state index in [1.54, 1.807) is 14.2 Å². The fraction of sp³-hybridized carbons (Fsp3) is 0.650. The Balaban J connectivity index is 1.58. The third kappa shape index (κ3) is 2.65. The Bertz CT molecular complexity index is 629. The summed E-state index contributed by atoms with van der Waals surface area (Å²) >= 11 is 0. The molecule has 1 aromatic carbocycles. The zero-order valence-electron chi connectivity index (χ0n) is 14.5. The molecule has 4 nitrogen and oxygen atoms in total. The Morgan fingerprint density at radius 3 is 2.12 bits per heavy atom. The number of hydrogen-bond donors (Lipinski definition) is 1. The highest BCUT2D eigenvalue weighted by Crippen LogP contribution is 2.56. The van der Waals surface area contributed by atoms with Gasteiger partial charge in [-0.1, -0.05) is 6.07 Å². The minimum Gasteiger partial charge on any atom is -0.493 e. The van der Waals surface area contributed by atoms with E-state index < -0.39 is 0 Å². The first-order valence-electron chi connectivity index (χ1n) is 9.04. The van der Waals surface area contributed by atoms with Crippen LogP contribution in [-0.2, 0) is 0 Å². The molecule has 128 valence electrons. The van der Waals surface area contributed by atoms with Crippen LogP contribution in [0, 0.1) is 29.1 Å². The first-order chi connectivity index (χ1) is 11.6. The van der Waals surface area contributed by atoms with Crippen LogP contribution in [0.3, 0.4) is 0 Å². The summed E-state index contributed by atoms with van der Waals surface area (Å²) in [6, 6.07) is 7.98. The minimum absolute atomic E-state index is 0.169. The van der Waals surface area contributed by atoms with Crippen molar-refractivity contribution in [1.29, 1.82) is 5.26 Å². The second-order valence-electron chi connectivity index (χ2n) is 8.02. The van der Waals surface area contributed by atoms with Crippen molar-refractivity contribution < 1.29 is 9.47 Å². The molecule has 0 spiro atoms. The molecule has 4 fully saturated rings. The molecule has 4 saturated carbocycles. The number of hydrogen-bond acceptors (Lipinski definition) is 4. The molecular formula is C20H26N2O2. The minimum atomic E-state index is -0.291. The third-order valence-corrected chi connectivity index (χ3v) is 6.36. The van der Waals surface area contributed by atoms with Crippen LogP contribution in [-0.4, -0.2) is 19.8 Å². The average molecular weight is 326 g/mol. The first-order valence-corrected chi connectivity index (χ1v) is 9.04. The van der Waals surface area contributed by atoms with Gasteiger partial charge in [0, 0.05) is 5.54 Å². The zero-order chi connectivity index (χ0) is 16.7. The van der Waals surface area contributed by atoms with Gasteiger partial charge in [-0.2, -0.15) is 5.26 Å². The Labute approximate surface area is 144 Å². The van der Waals surface area contributed by atoms with Crippen LogP contribution < -0.4 is 14.8 Å². The Morgan fingerprint density at radius 1 is 1.04 bits per heavy atom. The summed E-state index contributed by atoms with van der Waals surface area (Å²) in [4.78, 5) is 0. The highest BCUT2D eigenvalue weighted by Gasteiger charge is 2.51. The van der Waals surface area contributed by atoms with E-state index >= 15 is 0 Å². The van der Waals surface area contributed by atoms with Crippen molar-refractivity contribution in [3.63, 3.8) is 0 Å². The molecule has 0 unspecified atom stereocenters. The molecule has 4 aliphatic rings. The number of methoxy groups -OCH3 is 2. The van der Waals surface area contributed by atoms with Crippen LogP contribution in [0.1, 0.15) is 50.1 Å². The second-order valence-corrected chi connectivity index (χ2v) is 8.02. The van der Waals surface area contributed by atoms with Gasteiger partial charge in [0.2, 0.25) is 0 Å². The Hall–Kier alpha value is -1.73. The van der Waals surface area contributed by atoms with Gasteiger partial charge in [0.25, 0.3) is 0 Å². The lowest BCUT2D eigenvalue weighted by atomic mass is 9.53. The quantitative estimate of drug-likeness (QED) is 0.893. The van der Waals surface area contributed by atoms with Crippen LogP contribution in [0.4, 0.5) is 0 Å². The van der Waals surface area contributed by atoms with Crippen LogP contribution in [0.25, 0.3) is 0 Å². The standard InChI is InChI=1S/C20H26N2O2/c1-23-18-4-3-16(8-19(18)24-2)17(12-21)22-20-9-13-5-14(10-20)7-15(6-13)11-20/h3-4,8,13-15,17,22H,5-7,9-11H2,1-2H3/t13?,14?,15?,17-,20?/m1/s1. The maximum absolute atomic E-state index is 9.79. The third-order valence-electron chi connectivity index (χ3n) is 6.36. The van der Waals surface area contributed by atoms with Gasteiger partial charge in [-0.25, -0.2) is 0 Å². The predicted octanol–water partition coefficient (Wildman–Crippen LogP) is 3.83. The maximum atomic E-state index is 9.79. The highest BCUT2D eigenvalue weighted by atomic mass is 16.5. The molecule has 0 radical (unpaired) electrons. The van der Waals surface area contributed by atoms with Gasteiger partial charge in [-0.05, 0) is 74.0 Å². The lowest BCUT2D eigenvalue weighted by molar-refractivity contribution is -0.0227. The molecule has 0 aromatic heterocycles. The molecule has 24 heavy (non-hydrogen) atoms. The first kappa shape index (κ1) is 15.8. The molecule has 1 aromatic rings. The van der Waals surface area contributed by atoms with Gasteiger partial charge < -0.3 is 9.47 Å². The number of benzene rings is 1. The van der Waals surface area contributed by atoms with Crippen LogP contribution >= 0.6 is 0 Å². The molecule has 1 N–H and O–H groups in total. The van der Waals surface area contributed by atoms with Crippen LogP contribution in [0.2, 0.25) is 0 Å². The normalized spacial score (nSPS) is 34.6. The Morgan fingerprint density at radius 2 is 1.62 bits per heavy atom. The number of nitriles is 1. The van der Waals surface area contributed by atoms with E-state index in [4.69, 9.17) is 9.47 Å². The van der Waals surface area contributed by atoms with Crippen molar-refractivity contribution in [2.75, 3.05) is 14.2 Å². The molecule has 4 aliphatic carbocycles. The van der Waals surface area contributed by atoms with E-state index in [1.807, 2.05) is 18.2 Å². The molecular weight excluding hydrogens is 300 g/mol. The summed E-state index contributed by atoms with van der Waals surface area (Å²) in [7, 11) is 3.27. The molecule has 1 atom stereocenters. The van der Waals surface area contributed by atoms with Crippen molar-refractivity contribution >= 4 is 0 Å². The van der Waals surface area contributed by atoms with Gasteiger partial charge in [0.05, 0.1) is 20.3 Å². The molecule has 0 saturated heterocycles. The monoisotopic (exact) mass is 326 g/mol. The molecule has 0 heterocycles. The number of nitrogens with zero attached hydrogens (tertiary/aromatic N) is 1. The number of ether oxygens (including phenoxy) is 2. The van der Waals surface area contributed by atoms with Crippen LogP contribution in [0.5, 0.6) is 11.5 Å². The van der Waals surface area contributed by atoms with Gasteiger partial charge >= 0.3 is 0 Å². The molecule has 4 heteroatoms. The number of rotatable bonds is 5. The van der Waals surface area contributed by atoms with Crippen molar-refractivity contribution in [1.82, 2.24) is 5.32 Å². The van der Waals surface area contributed by atoms with Crippen molar-refractivity contribution in [3.05, 3.63) is 23.8 Å². The van der Waals surface area contributed by atoms with E-state index in [1.165, 1.54) is 38.5 Å². The molecule has 0 amide bonds. The Kier molecular flexibility index (Phi) is 3.92. The lowest BCUT2D eigenvalue weighted by Gasteiger charge is -2.57. The van der Waals surface area contributed by atoms with Gasteiger partial charge in [0.1, 0.15) is 6.04 Å². The van der Waals surface area contributed by atoms with Gasteiger partial charge in [0.15, 0.2) is 11.5 Å². The molecule has 0 aliphatic heterocycles. The van der Waals surface area contributed by atoms with E-state index in [0.717, 1.165) is 23.3 Å². The van der Waals surface area contributed by atoms with Gasteiger partial charge in [-0.15, -0.1) is 0 Å². The van der Waals surface area contributed by atoms with Gasteiger partial charge in [-0.3, -0.25) is 5.32 Å². The summed E-state index contributed by atoms with van der Waals surface area (Å²) in [5.41, 5.74) is 1.13. The summed E-state index contributed by atoms with van der Waals surface area (Å²) in [6.07, 6.45) is 7.96. The van der Waals surface area contributed by atoms with E-state index in [9.17, 15) is 5.26 Å². The van der Waals surface area contributed by atoms with E-state index in [0.29, 0.717) is 11.5 Å². The van der Waals surface area contributed by atoms with Crippen molar-refractivity contribution in [2.45, 2.75) is 50.1 Å². The van der Waals surface area contributed by atoms with E-state index in [-0.39, 0.29) is 11.6 Å². The summed E-state index contributed by atoms with van der Waals surface area (Å²) in [5.74, 6) is 3.99. The molecule has 4 bridgehead atoms. The SMILES string of the molecule is COc1ccc([C@@H](C#N)NC23CC4CC(CC(C4)C2)C3)cc1OC. The predicted molar refractivity (Wildman–Crippen MR) is 91.9 cm³/mol. The zero-order valence-corrected chi connectivity index (χ0v) is 14.5. The number of nitrogens with one attached hydrogen (secondary N) is 1. The molecule has 5 rings (SSSR count). The van der Waals surface area contributed by atoms with Crippen molar-refractivity contribution in [3.8, 4) is 17.6 Å². The lowest BCUT2D eigenvalue weighted by Crippen LogP contribution is -2.58. The van der Waals surface area contributed by atoms with Crippen molar-refractivity contribution in [2.24, 2.45) is 17.8 Å². The van der Waals surface area contributed by atoms with Crippen LogP contribution in [0.15, 0.2) is 18.2 Å². The fourth-order valence-corrected chi connectivity index (χ4v) is 5.82. The van der Waals surface area contributed by atoms with E-state index in [2.05, 4.69) is 11.4 Å². The average Bonchev–Trinajstić information content (AvgIpc) is 2.58. The summed E-state index contributed by atoms with van der Waals surface area (Å²) < 4.78 is 10.7.